The lowest BCUT2D eigenvalue weighted by molar-refractivity contribution is -0.142. The topological polar surface area (TPSA) is 102 Å². The number of nitrogens with one attached hydrogen (secondary N) is 1. The molecule has 0 aliphatic rings. The van der Waals surface area contributed by atoms with E-state index in [4.69, 9.17) is 15.6 Å². The number of hydrogen-bond donors (Lipinski definition) is 3. The summed E-state index contributed by atoms with van der Waals surface area (Å²) in [6, 6.07) is 0. The van der Waals surface area contributed by atoms with Gasteiger partial charge in [-0.25, -0.2) is 4.79 Å². The van der Waals surface area contributed by atoms with E-state index in [1.54, 1.807) is 0 Å². The van der Waals surface area contributed by atoms with E-state index >= 15 is 0 Å². The minimum absolute atomic E-state index is 0.0971. The highest BCUT2D eigenvalue weighted by Crippen LogP contribution is 2.10. The Labute approximate surface area is 102 Å². The van der Waals surface area contributed by atoms with E-state index in [0.717, 1.165) is 6.42 Å². The van der Waals surface area contributed by atoms with Gasteiger partial charge in [0.15, 0.2) is 0 Å². The Balaban J connectivity index is 3.72. The second kappa shape index (κ2) is 8.95. The highest BCUT2D eigenvalue weighted by atomic mass is 16.5. The van der Waals surface area contributed by atoms with Crippen molar-refractivity contribution in [1.82, 2.24) is 5.32 Å². The first-order valence-electron chi connectivity index (χ1n) is 5.74. The fourth-order valence-electron chi connectivity index (χ4n) is 1.43. The summed E-state index contributed by atoms with van der Waals surface area (Å²) in [7, 11) is 0. The van der Waals surface area contributed by atoms with E-state index < -0.39 is 5.97 Å². The monoisotopic (exact) mass is 246 g/mol. The summed E-state index contributed by atoms with van der Waals surface area (Å²) in [5, 5.41) is 11.0. The third-order valence-electron chi connectivity index (χ3n) is 2.18. The zero-order valence-corrected chi connectivity index (χ0v) is 10.4. The van der Waals surface area contributed by atoms with Gasteiger partial charge in [-0.05, 0) is 12.3 Å². The number of rotatable bonds is 9. The van der Waals surface area contributed by atoms with Gasteiger partial charge < -0.3 is 20.9 Å². The summed E-state index contributed by atoms with van der Waals surface area (Å²) in [6.07, 6.45) is 0.748. The van der Waals surface area contributed by atoms with Gasteiger partial charge in [-0.2, -0.15) is 0 Å². The van der Waals surface area contributed by atoms with E-state index in [0.29, 0.717) is 19.0 Å². The van der Waals surface area contributed by atoms with Crippen molar-refractivity contribution < 1.29 is 19.4 Å². The molecule has 100 valence electrons. The van der Waals surface area contributed by atoms with Gasteiger partial charge in [-0.15, -0.1) is 0 Å². The Kier molecular flexibility index (Phi) is 8.35. The second-order valence-electron chi connectivity index (χ2n) is 4.30. The van der Waals surface area contributed by atoms with Gasteiger partial charge in [0, 0.05) is 13.1 Å². The highest BCUT2D eigenvalue weighted by Gasteiger charge is 2.17. The fraction of sp³-hybridized carbons (Fsp3) is 0.818. The van der Waals surface area contributed by atoms with E-state index in [9.17, 15) is 9.59 Å². The second-order valence-corrected chi connectivity index (χ2v) is 4.30. The molecule has 0 heterocycles. The molecule has 0 bridgehead atoms. The first kappa shape index (κ1) is 15.9. The van der Waals surface area contributed by atoms with Gasteiger partial charge in [0.25, 0.3) is 0 Å². The zero-order chi connectivity index (χ0) is 13.3. The van der Waals surface area contributed by atoms with Crippen LogP contribution in [-0.2, 0) is 14.3 Å². The fourth-order valence-corrected chi connectivity index (χ4v) is 1.43. The van der Waals surface area contributed by atoms with Crippen molar-refractivity contribution in [1.29, 1.82) is 0 Å². The van der Waals surface area contributed by atoms with Crippen molar-refractivity contribution in [2.45, 2.75) is 20.3 Å². The van der Waals surface area contributed by atoms with Crippen molar-refractivity contribution in [3.63, 3.8) is 0 Å². The van der Waals surface area contributed by atoms with Crippen molar-refractivity contribution in [3.05, 3.63) is 0 Å². The molecule has 0 aromatic carbocycles. The molecular formula is C11H22N2O4. The minimum atomic E-state index is -1.02. The molecule has 0 saturated heterocycles. The number of carbonyl (C=O) groups is 2. The van der Waals surface area contributed by atoms with E-state index in [-0.39, 0.29) is 25.0 Å². The molecule has 0 aliphatic heterocycles. The van der Waals surface area contributed by atoms with Gasteiger partial charge >= 0.3 is 5.97 Å². The number of hydrogen-bond acceptors (Lipinski definition) is 4. The molecule has 0 aromatic rings. The molecule has 4 N–H and O–H groups in total. The molecule has 0 aromatic heterocycles. The van der Waals surface area contributed by atoms with Crippen molar-refractivity contribution >= 4 is 11.9 Å². The van der Waals surface area contributed by atoms with Gasteiger partial charge in [-0.3, -0.25) is 4.79 Å². The van der Waals surface area contributed by atoms with Crippen LogP contribution in [0.15, 0.2) is 0 Å². The standard InChI is InChI=1S/C11H22N2O4/c1-8(2)5-9(6-12)11(16)13-3-4-17-7-10(14)15/h8-9H,3-7,12H2,1-2H3,(H,13,16)(H,14,15). The number of carboxylic acid groups (broad SMARTS) is 1. The van der Waals surface area contributed by atoms with E-state index in [1.807, 2.05) is 13.8 Å². The maximum Gasteiger partial charge on any atom is 0.329 e. The molecule has 6 heteroatoms. The largest absolute Gasteiger partial charge is 0.480 e. The molecule has 1 unspecified atom stereocenters. The van der Waals surface area contributed by atoms with Gasteiger partial charge in [0.2, 0.25) is 5.91 Å². The summed E-state index contributed by atoms with van der Waals surface area (Å²) in [5.74, 6) is -0.886. The normalized spacial score (nSPS) is 12.5. The quantitative estimate of drug-likeness (QED) is 0.490. The van der Waals surface area contributed by atoms with E-state index in [2.05, 4.69) is 5.32 Å². The molecular weight excluding hydrogens is 224 g/mol. The molecule has 0 aliphatic carbocycles. The number of amides is 1. The van der Waals surface area contributed by atoms with Gasteiger partial charge in [-0.1, -0.05) is 13.8 Å². The third-order valence-corrected chi connectivity index (χ3v) is 2.18. The van der Waals surface area contributed by atoms with Crippen LogP contribution in [0.3, 0.4) is 0 Å². The molecule has 0 fully saturated rings. The number of nitrogens with two attached hydrogens (primary N) is 1. The first-order valence-corrected chi connectivity index (χ1v) is 5.74. The van der Waals surface area contributed by atoms with Crippen LogP contribution in [0, 0.1) is 11.8 Å². The predicted octanol–water partition coefficient (Wildman–Crippen LogP) is -0.175. The Bertz CT molecular complexity index is 244. The minimum Gasteiger partial charge on any atom is -0.480 e. The van der Waals surface area contributed by atoms with Crippen molar-refractivity contribution in [2.24, 2.45) is 17.6 Å². The molecule has 6 nitrogen and oxygen atoms in total. The lowest BCUT2D eigenvalue weighted by Crippen LogP contribution is -2.37. The number of carbonyl (C=O) groups excluding carboxylic acids is 1. The van der Waals surface area contributed by atoms with Gasteiger partial charge in [0.05, 0.1) is 12.5 Å². The zero-order valence-electron chi connectivity index (χ0n) is 10.4. The van der Waals surface area contributed by atoms with Crippen LogP contribution in [0.4, 0.5) is 0 Å². The molecule has 0 rings (SSSR count). The first-order chi connectivity index (χ1) is 7.97. The Morgan fingerprint density at radius 2 is 2.06 bits per heavy atom. The predicted molar refractivity (Wildman–Crippen MR) is 63.5 cm³/mol. The third kappa shape index (κ3) is 8.65. The van der Waals surface area contributed by atoms with Crippen LogP contribution < -0.4 is 11.1 Å². The van der Waals surface area contributed by atoms with Crippen LogP contribution in [0.25, 0.3) is 0 Å². The van der Waals surface area contributed by atoms with E-state index in [1.165, 1.54) is 0 Å². The lowest BCUT2D eigenvalue weighted by atomic mass is 9.96. The molecule has 0 spiro atoms. The number of carboxylic acids is 1. The summed E-state index contributed by atoms with van der Waals surface area (Å²) in [4.78, 5) is 21.8. The molecule has 1 atom stereocenters. The Morgan fingerprint density at radius 1 is 1.41 bits per heavy atom. The summed E-state index contributed by atoms with van der Waals surface area (Å²) >= 11 is 0. The highest BCUT2D eigenvalue weighted by molar-refractivity contribution is 5.78. The van der Waals surface area contributed by atoms with Crippen LogP contribution in [0.2, 0.25) is 0 Å². The lowest BCUT2D eigenvalue weighted by Gasteiger charge is -2.16. The summed E-state index contributed by atoms with van der Waals surface area (Å²) < 4.78 is 4.79. The Hall–Kier alpha value is -1.14. The SMILES string of the molecule is CC(C)CC(CN)C(=O)NCCOCC(=O)O. The Morgan fingerprint density at radius 3 is 2.53 bits per heavy atom. The van der Waals surface area contributed by atoms with Gasteiger partial charge in [0.1, 0.15) is 6.61 Å². The maximum absolute atomic E-state index is 11.6. The average molecular weight is 246 g/mol. The molecule has 17 heavy (non-hydrogen) atoms. The van der Waals surface area contributed by atoms with Crippen molar-refractivity contribution in [3.8, 4) is 0 Å². The smallest absolute Gasteiger partial charge is 0.329 e. The average Bonchev–Trinajstić information content (AvgIpc) is 2.24. The van der Waals surface area contributed by atoms with Crippen LogP contribution in [-0.4, -0.2) is 43.3 Å². The molecule has 0 saturated carbocycles. The maximum atomic E-state index is 11.6. The van der Waals surface area contributed by atoms with Crippen molar-refractivity contribution in [2.75, 3.05) is 26.3 Å². The number of aliphatic carboxylic acids is 1. The van der Waals surface area contributed by atoms with Crippen LogP contribution in [0.1, 0.15) is 20.3 Å². The van der Waals surface area contributed by atoms with Crippen LogP contribution >= 0.6 is 0 Å². The molecule has 0 radical (unpaired) electrons. The summed E-state index contributed by atoms with van der Waals surface area (Å²) in [5.41, 5.74) is 5.52. The summed E-state index contributed by atoms with van der Waals surface area (Å²) in [6.45, 7) is 4.54. The van der Waals surface area contributed by atoms with Crippen LogP contribution in [0.5, 0.6) is 0 Å². The molecule has 1 amide bonds. The number of ether oxygens (including phenoxy) is 1.